The third-order valence-electron chi connectivity index (χ3n) is 4.61. The lowest BCUT2D eigenvalue weighted by atomic mass is 10.2. The molecule has 146 valence electrons. The molecule has 2 heterocycles. The molecule has 8 heteroatoms. The second-order valence-corrected chi connectivity index (χ2v) is 6.96. The smallest absolute Gasteiger partial charge is 0.420 e. The first kappa shape index (κ1) is 18.4. The number of para-hydroxylation sites is 2. The summed E-state index contributed by atoms with van der Waals surface area (Å²) < 4.78 is 17.8. The largest absolute Gasteiger partial charge is 0.489 e. The van der Waals surface area contributed by atoms with Gasteiger partial charge in [-0.25, -0.2) is 4.79 Å². The van der Waals surface area contributed by atoms with Crippen molar-refractivity contribution in [3.05, 3.63) is 57.5 Å². The van der Waals surface area contributed by atoms with E-state index in [9.17, 15) is 9.59 Å². The summed E-state index contributed by atoms with van der Waals surface area (Å²) in [5, 5.41) is 3.27. The van der Waals surface area contributed by atoms with Crippen molar-refractivity contribution in [3.63, 3.8) is 0 Å². The van der Waals surface area contributed by atoms with Gasteiger partial charge in [-0.2, -0.15) is 0 Å². The number of hydrogen-bond donors (Lipinski definition) is 1. The number of halogens is 1. The number of hydrogen-bond acceptors (Lipinski definition) is 5. The summed E-state index contributed by atoms with van der Waals surface area (Å²) >= 11 is 6.29. The lowest BCUT2D eigenvalue weighted by molar-refractivity contribution is -0.124. The topological polar surface area (TPSA) is 82.7 Å². The molecule has 0 bridgehead atoms. The summed E-state index contributed by atoms with van der Waals surface area (Å²) in [5.41, 5.74) is 1.80. The lowest BCUT2D eigenvalue weighted by Crippen LogP contribution is -2.34. The van der Waals surface area contributed by atoms with Crippen LogP contribution in [0.1, 0.15) is 24.9 Å². The van der Waals surface area contributed by atoms with E-state index in [2.05, 4.69) is 5.32 Å². The summed E-state index contributed by atoms with van der Waals surface area (Å²) in [7, 11) is 0. The average molecular weight is 403 g/mol. The third-order valence-corrected chi connectivity index (χ3v) is 4.89. The molecule has 7 nitrogen and oxygen atoms in total. The fourth-order valence-electron chi connectivity index (χ4n) is 3.19. The number of oxazole rings is 1. The molecule has 1 aliphatic rings. The number of rotatable bonds is 4. The molecular formula is C20H19ClN2O5. The highest BCUT2D eigenvalue weighted by Crippen LogP contribution is 2.38. The van der Waals surface area contributed by atoms with Crippen LogP contribution in [0.5, 0.6) is 11.5 Å². The van der Waals surface area contributed by atoms with E-state index in [4.69, 9.17) is 25.5 Å². The Hall–Kier alpha value is -2.93. The SMILES string of the molecule is CC(C(=O)NCc1cc(Cl)c2c(c1)OCCCO2)n1c(=O)oc2ccccc21. The van der Waals surface area contributed by atoms with E-state index in [1.54, 1.807) is 43.3 Å². The molecule has 1 amide bonds. The first-order valence-electron chi connectivity index (χ1n) is 9.00. The number of amides is 1. The number of nitrogens with one attached hydrogen (secondary N) is 1. The van der Waals surface area contributed by atoms with Gasteiger partial charge in [0.15, 0.2) is 17.1 Å². The number of aromatic nitrogens is 1. The van der Waals surface area contributed by atoms with E-state index in [1.165, 1.54) is 4.57 Å². The Labute approximate surface area is 165 Å². The van der Waals surface area contributed by atoms with Gasteiger partial charge in [0.25, 0.3) is 0 Å². The molecule has 1 aliphatic heterocycles. The van der Waals surface area contributed by atoms with Crippen molar-refractivity contribution < 1.29 is 18.7 Å². The van der Waals surface area contributed by atoms with E-state index < -0.39 is 11.8 Å². The highest BCUT2D eigenvalue weighted by molar-refractivity contribution is 6.32. The van der Waals surface area contributed by atoms with Gasteiger partial charge in [-0.1, -0.05) is 23.7 Å². The molecule has 0 saturated carbocycles. The quantitative estimate of drug-likeness (QED) is 0.724. The fraction of sp³-hybridized carbons (Fsp3) is 0.300. The van der Waals surface area contributed by atoms with Crippen LogP contribution in [-0.4, -0.2) is 23.7 Å². The Kier molecular flexibility index (Phi) is 5.00. The molecule has 2 aromatic carbocycles. The van der Waals surface area contributed by atoms with Crippen molar-refractivity contribution >= 4 is 28.6 Å². The Morgan fingerprint density at radius 1 is 1.25 bits per heavy atom. The van der Waals surface area contributed by atoms with Crippen molar-refractivity contribution in [1.29, 1.82) is 0 Å². The number of nitrogens with zero attached hydrogens (tertiary/aromatic N) is 1. The zero-order valence-electron chi connectivity index (χ0n) is 15.2. The van der Waals surface area contributed by atoms with Crippen LogP contribution in [0.2, 0.25) is 5.02 Å². The first-order chi connectivity index (χ1) is 13.5. The van der Waals surface area contributed by atoms with E-state index in [0.717, 1.165) is 12.0 Å². The van der Waals surface area contributed by atoms with Crippen LogP contribution >= 0.6 is 11.6 Å². The number of carbonyl (C=O) groups is 1. The minimum atomic E-state index is -0.730. The second-order valence-electron chi connectivity index (χ2n) is 6.55. The molecule has 0 aliphatic carbocycles. The minimum Gasteiger partial charge on any atom is -0.489 e. The molecule has 1 atom stereocenters. The molecule has 0 spiro atoms. The molecule has 1 aromatic heterocycles. The Morgan fingerprint density at radius 3 is 2.89 bits per heavy atom. The van der Waals surface area contributed by atoms with Crippen LogP contribution in [0.3, 0.4) is 0 Å². The maximum atomic E-state index is 12.6. The minimum absolute atomic E-state index is 0.240. The summed E-state index contributed by atoms with van der Waals surface area (Å²) in [6.45, 7) is 2.99. The molecule has 4 rings (SSSR count). The van der Waals surface area contributed by atoms with E-state index in [1.807, 2.05) is 0 Å². The summed E-state index contributed by atoms with van der Waals surface area (Å²) in [6, 6.07) is 9.81. The zero-order chi connectivity index (χ0) is 19.7. The van der Waals surface area contributed by atoms with Crippen molar-refractivity contribution in [1.82, 2.24) is 9.88 Å². The average Bonchev–Trinajstić information content (AvgIpc) is 2.85. The number of fused-ring (bicyclic) bond motifs is 2. The van der Waals surface area contributed by atoms with Crippen LogP contribution in [0, 0.1) is 0 Å². The van der Waals surface area contributed by atoms with Crippen LogP contribution in [-0.2, 0) is 11.3 Å². The molecule has 0 saturated heterocycles. The second kappa shape index (κ2) is 7.59. The number of carbonyl (C=O) groups excluding carboxylic acids is 1. The maximum absolute atomic E-state index is 12.6. The van der Waals surface area contributed by atoms with Crippen molar-refractivity contribution in [2.75, 3.05) is 13.2 Å². The highest BCUT2D eigenvalue weighted by atomic mass is 35.5. The Bertz CT molecular complexity index is 1090. The van der Waals surface area contributed by atoms with E-state index in [0.29, 0.717) is 40.8 Å². The summed E-state index contributed by atoms with van der Waals surface area (Å²) in [5.74, 6) is 0.220. The molecular weight excluding hydrogens is 384 g/mol. The van der Waals surface area contributed by atoms with E-state index >= 15 is 0 Å². The van der Waals surface area contributed by atoms with E-state index in [-0.39, 0.29) is 12.5 Å². The van der Waals surface area contributed by atoms with Gasteiger partial charge in [0.1, 0.15) is 6.04 Å². The normalized spacial score (nSPS) is 14.5. The van der Waals surface area contributed by atoms with Crippen molar-refractivity contribution in [2.24, 2.45) is 0 Å². The lowest BCUT2D eigenvalue weighted by Gasteiger charge is -2.15. The van der Waals surface area contributed by atoms with Gasteiger partial charge in [0.05, 0.1) is 23.8 Å². The predicted octanol–water partition coefficient (Wildman–Crippen LogP) is 3.29. The van der Waals surface area contributed by atoms with Crippen LogP contribution in [0.4, 0.5) is 0 Å². The van der Waals surface area contributed by atoms with Gasteiger partial charge >= 0.3 is 5.76 Å². The third kappa shape index (κ3) is 3.45. The van der Waals surface area contributed by atoms with Crippen molar-refractivity contribution in [3.8, 4) is 11.5 Å². The number of benzene rings is 2. The Morgan fingerprint density at radius 2 is 2.04 bits per heavy atom. The molecule has 0 radical (unpaired) electrons. The fourth-order valence-corrected chi connectivity index (χ4v) is 3.48. The summed E-state index contributed by atoms with van der Waals surface area (Å²) in [6.07, 6.45) is 0.780. The predicted molar refractivity (Wildman–Crippen MR) is 104 cm³/mol. The molecule has 28 heavy (non-hydrogen) atoms. The van der Waals surface area contributed by atoms with Gasteiger partial charge in [0, 0.05) is 13.0 Å². The standard InChI is InChI=1S/C20H19ClN2O5/c1-12(23-15-5-2-3-6-16(15)28-20(23)25)19(24)22-11-13-9-14(21)18-17(10-13)26-7-4-8-27-18/h2-3,5-6,9-10,12H,4,7-8,11H2,1H3,(H,22,24). The van der Waals surface area contributed by atoms with Crippen LogP contribution in [0.15, 0.2) is 45.6 Å². The Balaban J connectivity index is 1.51. The monoisotopic (exact) mass is 402 g/mol. The molecule has 3 aromatic rings. The first-order valence-corrected chi connectivity index (χ1v) is 9.38. The van der Waals surface area contributed by atoms with Gasteiger partial charge in [0.2, 0.25) is 5.91 Å². The van der Waals surface area contributed by atoms with Gasteiger partial charge < -0.3 is 19.2 Å². The molecule has 1 N–H and O–H groups in total. The maximum Gasteiger partial charge on any atom is 0.420 e. The van der Waals surface area contributed by atoms with Crippen LogP contribution in [0.25, 0.3) is 11.1 Å². The molecule has 0 fully saturated rings. The van der Waals surface area contributed by atoms with Gasteiger partial charge in [-0.15, -0.1) is 0 Å². The van der Waals surface area contributed by atoms with Crippen molar-refractivity contribution in [2.45, 2.75) is 25.9 Å². The van der Waals surface area contributed by atoms with Crippen LogP contribution < -0.4 is 20.5 Å². The molecule has 1 unspecified atom stereocenters. The number of ether oxygens (including phenoxy) is 2. The van der Waals surface area contributed by atoms with Gasteiger partial charge in [-0.05, 0) is 36.8 Å². The van der Waals surface area contributed by atoms with Gasteiger partial charge in [-0.3, -0.25) is 9.36 Å². The highest BCUT2D eigenvalue weighted by Gasteiger charge is 2.21. The zero-order valence-corrected chi connectivity index (χ0v) is 16.0. The summed E-state index contributed by atoms with van der Waals surface area (Å²) in [4.78, 5) is 24.8.